The molecule has 1 aliphatic heterocycles. The summed E-state index contributed by atoms with van der Waals surface area (Å²) in [7, 11) is 1.17. The number of hydrogen-bond donors (Lipinski definition) is 0. The molecule has 0 saturated carbocycles. The van der Waals surface area contributed by atoms with Gasteiger partial charge in [-0.15, -0.1) is 0 Å². The first-order valence-corrected chi connectivity index (χ1v) is 9.72. The van der Waals surface area contributed by atoms with Crippen molar-refractivity contribution < 1.29 is 28.7 Å². The second kappa shape index (κ2) is 8.34. The minimum Gasteiger partial charge on any atom is -0.467 e. The van der Waals surface area contributed by atoms with Crippen molar-refractivity contribution in [1.82, 2.24) is 4.90 Å². The molecule has 29 heavy (non-hydrogen) atoms. The smallest absolute Gasteiger partial charge is 0.330 e. The molecule has 0 spiro atoms. The maximum Gasteiger partial charge on any atom is 0.330 e. The first kappa shape index (κ1) is 21.0. The number of amides is 2. The maximum atomic E-state index is 12.8. The summed E-state index contributed by atoms with van der Waals surface area (Å²) in [5, 5.41) is 0.133. The number of nitrogens with zero attached hydrogens (tertiary/aromatic N) is 1. The SMILES string of the molecule is COC(=O)[C@H]([C@H](Br)c1ccc(OC(C)=O)c(Cl)c1)N1C(=O)c2ccccc2C1=O. The van der Waals surface area contributed by atoms with Crippen molar-refractivity contribution in [2.75, 3.05) is 7.11 Å². The molecule has 150 valence electrons. The highest BCUT2D eigenvalue weighted by atomic mass is 79.9. The Bertz CT molecular complexity index is 989. The molecular weight excluding hydrogens is 466 g/mol. The Balaban J connectivity index is 1.99. The van der Waals surface area contributed by atoms with Crippen LogP contribution >= 0.6 is 27.5 Å². The molecule has 2 atom stereocenters. The van der Waals surface area contributed by atoms with Crippen LogP contribution in [0.1, 0.15) is 38.0 Å². The van der Waals surface area contributed by atoms with Gasteiger partial charge in [-0.3, -0.25) is 19.3 Å². The van der Waals surface area contributed by atoms with Crippen molar-refractivity contribution in [3.05, 3.63) is 64.2 Å². The van der Waals surface area contributed by atoms with Crippen LogP contribution in [0.15, 0.2) is 42.5 Å². The van der Waals surface area contributed by atoms with E-state index in [0.717, 1.165) is 4.90 Å². The van der Waals surface area contributed by atoms with Crippen LogP contribution < -0.4 is 4.74 Å². The number of carbonyl (C=O) groups is 4. The zero-order valence-corrected chi connectivity index (χ0v) is 17.7. The predicted octanol–water partition coefficient (Wildman–Crippen LogP) is 3.54. The normalized spacial score (nSPS) is 15.0. The minimum absolute atomic E-state index is 0.133. The van der Waals surface area contributed by atoms with Gasteiger partial charge in [0, 0.05) is 6.92 Å². The summed E-state index contributed by atoms with van der Waals surface area (Å²) in [6.07, 6.45) is 0. The van der Waals surface area contributed by atoms with Crippen LogP contribution in [-0.2, 0) is 14.3 Å². The Morgan fingerprint density at radius 3 is 2.14 bits per heavy atom. The second-order valence-electron chi connectivity index (χ2n) is 6.18. The Kier molecular flexibility index (Phi) is 6.04. The van der Waals surface area contributed by atoms with Crippen LogP contribution in [0.3, 0.4) is 0 Å². The second-order valence-corrected chi connectivity index (χ2v) is 7.57. The van der Waals surface area contributed by atoms with E-state index >= 15 is 0 Å². The van der Waals surface area contributed by atoms with E-state index in [0.29, 0.717) is 5.56 Å². The van der Waals surface area contributed by atoms with Gasteiger partial charge < -0.3 is 9.47 Å². The average molecular weight is 481 g/mol. The highest BCUT2D eigenvalue weighted by Crippen LogP contribution is 2.38. The Labute approximate surface area is 179 Å². The van der Waals surface area contributed by atoms with E-state index in [1.54, 1.807) is 18.2 Å². The maximum absolute atomic E-state index is 12.8. The summed E-state index contributed by atoms with van der Waals surface area (Å²) in [4.78, 5) is 49.4. The number of methoxy groups -OCH3 is 1. The monoisotopic (exact) mass is 479 g/mol. The summed E-state index contributed by atoms with van der Waals surface area (Å²) in [6, 6.07) is 9.56. The third kappa shape index (κ3) is 3.90. The summed E-state index contributed by atoms with van der Waals surface area (Å²) < 4.78 is 9.84. The third-order valence-corrected chi connectivity index (χ3v) is 5.68. The molecule has 0 aromatic heterocycles. The van der Waals surface area contributed by atoms with Crippen molar-refractivity contribution in [2.24, 2.45) is 0 Å². The van der Waals surface area contributed by atoms with Crippen LogP contribution in [0, 0.1) is 0 Å². The van der Waals surface area contributed by atoms with Crippen molar-refractivity contribution in [1.29, 1.82) is 0 Å². The van der Waals surface area contributed by atoms with Crippen LogP contribution in [0.4, 0.5) is 0 Å². The largest absolute Gasteiger partial charge is 0.467 e. The highest BCUT2D eigenvalue weighted by molar-refractivity contribution is 9.09. The van der Waals surface area contributed by atoms with Crippen molar-refractivity contribution in [3.8, 4) is 5.75 Å². The van der Waals surface area contributed by atoms with Gasteiger partial charge in [0.2, 0.25) is 0 Å². The molecule has 2 amide bonds. The number of esters is 2. The van der Waals surface area contributed by atoms with Gasteiger partial charge in [-0.2, -0.15) is 0 Å². The fraction of sp³-hybridized carbons (Fsp3) is 0.200. The number of alkyl halides is 1. The van der Waals surface area contributed by atoms with Crippen molar-refractivity contribution in [2.45, 2.75) is 17.8 Å². The lowest BCUT2D eigenvalue weighted by Gasteiger charge is -2.28. The number of rotatable bonds is 5. The van der Waals surface area contributed by atoms with Crippen LogP contribution in [0.25, 0.3) is 0 Å². The molecule has 1 aliphatic rings. The molecule has 2 aromatic carbocycles. The highest BCUT2D eigenvalue weighted by Gasteiger charge is 2.46. The quantitative estimate of drug-likeness (QED) is 0.281. The van der Waals surface area contributed by atoms with Crippen LogP contribution in [0.2, 0.25) is 5.02 Å². The fourth-order valence-electron chi connectivity index (χ4n) is 3.05. The summed E-state index contributed by atoms with van der Waals surface area (Å²) in [6.45, 7) is 1.24. The summed E-state index contributed by atoms with van der Waals surface area (Å²) >= 11 is 9.56. The Morgan fingerprint density at radius 2 is 1.66 bits per heavy atom. The zero-order chi connectivity index (χ0) is 21.3. The first-order chi connectivity index (χ1) is 13.8. The number of imide groups is 1. The Hall–Kier alpha value is -2.71. The summed E-state index contributed by atoms with van der Waals surface area (Å²) in [5.41, 5.74) is 0.918. The molecular formula is C20H15BrClNO6. The average Bonchev–Trinajstić information content (AvgIpc) is 2.94. The van der Waals surface area contributed by atoms with Gasteiger partial charge in [0.05, 0.1) is 28.1 Å². The van der Waals surface area contributed by atoms with Crippen molar-refractivity contribution >= 4 is 51.3 Å². The van der Waals surface area contributed by atoms with E-state index in [-0.39, 0.29) is 21.9 Å². The standard InChI is InChI=1S/C20H15BrClNO6/c1-10(24)29-15-8-7-11(9-14(15)22)16(21)17(20(27)28-2)23-18(25)12-5-3-4-6-13(12)19(23)26/h3-9,16-17H,1-2H3/t16-,17+/m1/s1. The molecule has 0 fully saturated rings. The van der Waals surface area contributed by atoms with E-state index in [2.05, 4.69) is 15.9 Å². The van der Waals surface area contributed by atoms with Crippen LogP contribution in [0.5, 0.6) is 5.75 Å². The lowest BCUT2D eigenvalue weighted by Crippen LogP contribution is -2.47. The number of benzene rings is 2. The van der Waals surface area contributed by atoms with Crippen molar-refractivity contribution in [3.63, 3.8) is 0 Å². The van der Waals surface area contributed by atoms with Gasteiger partial charge >= 0.3 is 11.9 Å². The third-order valence-electron chi connectivity index (χ3n) is 4.35. The molecule has 0 aliphatic carbocycles. The van der Waals surface area contributed by atoms with E-state index in [1.165, 1.54) is 38.3 Å². The molecule has 1 heterocycles. The topological polar surface area (TPSA) is 90.0 Å². The molecule has 9 heteroatoms. The van der Waals surface area contributed by atoms with Gasteiger partial charge in [0.1, 0.15) is 5.75 Å². The number of carbonyl (C=O) groups excluding carboxylic acids is 4. The zero-order valence-electron chi connectivity index (χ0n) is 15.3. The molecule has 0 N–H and O–H groups in total. The fourth-order valence-corrected chi connectivity index (χ4v) is 4.01. The van der Waals surface area contributed by atoms with Gasteiger partial charge in [0.15, 0.2) is 6.04 Å². The molecule has 0 unspecified atom stereocenters. The molecule has 0 radical (unpaired) electrons. The van der Waals surface area contributed by atoms with E-state index in [4.69, 9.17) is 21.1 Å². The molecule has 3 rings (SSSR count). The lowest BCUT2D eigenvalue weighted by molar-refractivity contribution is -0.145. The van der Waals surface area contributed by atoms with Gasteiger partial charge in [-0.1, -0.05) is 45.7 Å². The van der Waals surface area contributed by atoms with E-state index in [1.807, 2.05) is 0 Å². The summed E-state index contributed by atoms with van der Waals surface area (Å²) in [5.74, 6) is -2.34. The minimum atomic E-state index is -1.27. The number of halogens is 2. The van der Waals surface area contributed by atoms with Gasteiger partial charge in [-0.05, 0) is 29.8 Å². The lowest BCUT2D eigenvalue weighted by atomic mass is 10.0. The first-order valence-electron chi connectivity index (χ1n) is 8.43. The van der Waals surface area contributed by atoms with Crippen LogP contribution in [-0.4, -0.2) is 41.8 Å². The van der Waals surface area contributed by atoms with Gasteiger partial charge in [0.25, 0.3) is 11.8 Å². The van der Waals surface area contributed by atoms with E-state index < -0.39 is 34.6 Å². The van der Waals surface area contributed by atoms with Gasteiger partial charge in [-0.25, -0.2) is 4.79 Å². The Morgan fingerprint density at radius 1 is 1.07 bits per heavy atom. The molecule has 0 bridgehead atoms. The molecule has 7 nitrogen and oxygen atoms in total. The molecule has 0 saturated heterocycles. The number of hydrogen-bond acceptors (Lipinski definition) is 6. The molecule has 2 aromatic rings. The van der Waals surface area contributed by atoms with E-state index in [9.17, 15) is 19.2 Å². The number of fused-ring (bicyclic) bond motifs is 1. The number of ether oxygens (including phenoxy) is 2. The predicted molar refractivity (Wildman–Crippen MR) is 107 cm³/mol.